The first kappa shape index (κ1) is 23.7. The third-order valence-electron chi connectivity index (χ3n) is 7.11. The Morgan fingerprint density at radius 3 is 2.91 bits per heavy atom. The number of hydrogen-bond acceptors (Lipinski definition) is 7. The Morgan fingerprint density at radius 1 is 1.31 bits per heavy atom. The largest absolute Gasteiger partial charge is 0.471 e. The zero-order valence-electron chi connectivity index (χ0n) is 19.2. The molecular weight excluding hydrogens is 466 g/mol. The van der Waals surface area contributed by atoms with Crippen molar-refractivity contribution in [1.29, 1.82) is 0 Å². The summed E-state index contributed by atoms with van der Waals surface area (Å²) in [6.07, 6.45) is -0.422. The van der Waals surface area contributed by atoms with E-state index in [1.807, 2.05) is 11.8 Å². The molecule has 0 spiro atoms. The number of rotatable bonds is 5. The van der Waals surface area contributed by atoms with Crippen molar-refractivity contribution in [2.75, 3.05) is 34.8 Å². The molecule has 2 aliphatic heterocycles. The number of alkyl halides is 3. The molecule has 12 heteroatoms. The summed E-state index contributed by atoms with van der Waals surface area (Å²) >= 11 is 0. The number of fused-ring (bicyclic) bond motifs is 2. The van der Waals surface area contributed by atoms with Crippen LogP contribution in [0.25, 0.3) is 0 Å². The van der Waals surface area contributed by atoms with Crippen LogP contribution in [0.2, 0.25) is 0 Å². The zero-order chi connectivity index (χ0) is 24.7. The summed E-state index contributed by atoms with van der Waals surface area (Å²) < 4.78 is 53.5. The number of anilines is 4. The maximum absolute atomic E-state index is 14.9. The van der Waals surface area contributed by atoms with Gasteiger partial charge in [-0.1, -0.05) is 0 Å². The van der Waals surface area contributed by atoms with E-state index in [0.717, 1.165) is 36.9 Å². The van der Waals surface area contributed by atoms with E-state index in [2.05, 4.69) is 26.1 Å². The van der Waals surface area contributed by atoms with Gasteiger partial charge in [0.2, 0.25) is 5.95 Å². The van der Waals surface area contributed by atoms with Gasteiger partial charge in [0.1, 0.15) is 0 Å². The monoisotopic (exact) mass is 493 g/mol. The number of carbonyl (C=O) groups is 1. The number of nitrogens with zero attached hydrogens (tertiary/aromatic N) is 4. The van der Waals surface area contributed by atoms with Crippen molar-refractivity contribution in [2.45, 2.75) is 50.9 Å². The minimum atomic E-state index is -4.93. The molecule has 1 aliphatic carbocycles. The maximum Gasteiger partial charge on any atom is 0.471 e. The highest BCUT2D eigenvalue weighted by molar-refractivity contribution is 5.99. The van der Waals surface area contributed by atoms with Crippen molar-refractivity contribution in [3.05, 3.63) is 35.8 Å². The second kappa shape index (κ2) is 9.23. The zero-order valence-corrected chi connectivity index (χ0v) is 19.2. The maximum atomic E-state index is 14.9. The van der Waals surface area contributed by atoms with E-state index in [0.29, 0.717) is 36.2 Å². The van der Waals surface area contributed by atoms with E-state index in [4.69, 9.17) is 0 Å². The van der Waals surface area contributed by atoms with E-state index in [1.54, 1.807) is 12.1 Å². The quantitative estimate of drug-likeness (QED) is 0.552. The molecule has 0 bridgehead atoms. The van der Waals surface area contributed by atoms with Crippen LogP contribution in [0.4, 0.5) is 40.7 Å². The molecule has 3 atom stereocenters. The third kappa shape index (κ3) is 4.52. The summed E-state index contributed by atoms with van der Waals surface area (Å²) in [6, 6.07) is 5.19. The molecule has 188 valence electrons. The molecule has 5 rings (SSSR count). The second-order valence-electron chi connectivity index (χ2n) is 9.12. The first-order chi connectivity index (χ1) is 16.8. The molecular formula is C23H27F4N7O. The van der Waals surface area contributed by atoms with Crippen LogP contribution < -0.4 is 26.0 Å². The third-order valence-corrected chi connectivity index (χ3v) is 7.11. The van der Waals surface area contributed by atoms with Crippen LogP contribution in [0.3, 0.4) is 0 Å². The molecule has 1 aromatic heterocycles. The fraction of sp³-hybridized carbons (Fsp3) is 0.522. The van der Waals surface area contributed by atoms with E-state index >= 15 is 0 Å². The van der Waals surface area contributed by atoms with Gasteiger partial charge < -0.3 is 15.1 Å². The number of carbonyl (C=O) groups excluding carboxylic acids is 1. The normalized spacial score (nSPS) is 23.7. The minimum Gasteiger partial charge on any atom is -0.351 e. The van der Waals surface area contributed by atoms with Crippen LogP contribution in [-0.2, 0) is 11.2 Å². The Bertz CT molecular complexity index is 1110. The SMILES string of the molecule is CCN(c1nc(Nc2ccc3c(c2)CCN3C(=O)C(F)(F)F)ncc1F)C1CCCC2NNCC21. The summed E-state index contributed by atoms with van der Waals surface area (Å²) in [7, 11) is 0. The summed E-state index contributed by atoms with van der Waals surface area (Å²) in [5.41, 5.74) is 7.93. The summed E-state index contributed by atoms with van der Waals surface area (Å²) in [5.74, 6) is -1.62. The Balaban J connectivity index is 1.36. The van der Waals surface area contributed by atoms with E-state index in [-0.39, 0.29) is 30.0 Å². The van der Waals surface area contributed by atoms with Crippen LogP contribution in [0.15, 0.2) is 24.4 Å². The molecule has 2 fully saturated rings. The Labute approximate surface area is 200 Å². The van der Waals surface area contributed by atoms with Crippen molar-refractivity contribution >= 4 is 29.0 Å². The number of nitrogens with one attached hydrogen (secondary N) is 3. The molecule has 1 amide bonds. The number of hydrogen-bond donors (Lipinski definition) is 3. The van der Waals surface area contributed by atoms with Gasteiger partial charge in [-0.3, -0.25) is 15.6 Å². The standard InChI is InChI=1S/C23H27F4N7O/c1-2-33(19-5-3-4-17-15(19)11-29-32-17)20-16(24)12-28-22(31-20)30-14-6-7-18-13(10-14)8-9-34(18)21(35)23(25,26)27/h6-7,10,12,15,17,19,29,32H,2-5,8-9,11H2,1H3,(H,28,30,31). The van der Waals surface area contributed by atoms with Gasteiger partial charge in [0.15, 0.2) is 11.6 Å². The number of halogens is 4. The average molecular weight is 494 g/mol. The molecule has 2 aromatic rings. The summed E-state index contributed by atoms with van der Waals surface area (Å²) in [6.45, 7) is 3.34. The highest BCUT2D eigenvalue weighted by atomic mass is 19.4. The Kier molecular flexibility index (Phi) is 6.26. The van der Waals surface area contributed by atoms with Crippen molar-refractivity contribution in [1.82, 2.24) is 20.8 Å². The van der Waals surface area contributed by atoms with Gasteiger partial charge in [-0.2, -0.15) is 18.2 Å². The number of aromatic nitrogens is 2. The fourth-order valence-electron chi connectivity index (χ4n) is 5.53. The highest BCUT2D eigenvalue weighted by Crippen LogP contribution is 2.36. The van der Waals surface area contributed by atoms with Gasteiger partial charge in [-0.05, 0) is 56.4 Å². The smallest absolute Gasteiger partial charge is 0.351 e. The summed E-state index contributed by atoms with van der Waals surface area (Å²) in [4.78, 5) is 23.0. The fourth-order valence-corrected chi connectivity index (χ4v) is 5.53. The number of hydrazine groups is 1. The van der Waals surface area contributed by atoms with Gasteiger partial charge in [-0.15, -0.1) is 0 Å². The molecule has 3 aliphatic rings. The lowest BCUT2D eigenvalue weighted by atomic mass is 9.81. The van der Waals surface area contributed by atoms with E-state index in [9.17, 15) is 22.4 Å². The lowest BCUT2D eigenvalue weighted by Gasteiger charge is -2.40. The Hall–Kier alpha value is -2.99. The van der Waals surface area contributed by atoms with Crippen LogP contribution >= 0.6 is 0 Å². The van der Waals surface area contributed by atoms with Gasteiger partial charge in [0.25, 0.3) is 0 Å². The van der Waals surface area contributed by atoms with Crippen molar-refractivity contribution < 1.29 is 22.4 Å². The predicted molar refractivity (Wildman–Crippen MR) is 123 cm³/mol. The molecule has 1 aromatic carbocycles. The van der Waals surface area contributed by atoms with E-state index < -0.39 is 17.9 Å². The van der Waals surface area contributed by atoms with Crippen LogP contribution in [0.1, 0.15) is 31.7 Å². The molecule has 3 heterocycles. The molecule has 1 saturated carbocycles. The second-order valence-corrected chi connectivity index (χ2v) is 9.12. The highest BCUT2D eigenvalue weighted by Gasteiger charge is 2.45. The number of benzene rings is 1. The summed E-state index contributed by atoms with van der Waals surface area (Å²) in [5, 5.41) is 3.04. The lowest BCUT2D eigenvalue weighted by Crippen LogP contribution is -2.49. The van der Waals surface area contributed by atoms with E-state index in [1.165, 1.54) is 6.07 Å². The van der Waals surface area contributed by atoms with Crippen LogP contribution in [0, 0.1) is 11.7 Å². The number of amides is 1. The molecule has 1 saturated heterocycles. The molecule has 3 unspecified atom stereocenters. The molecule has 3 N–H and O–H groups in total. The first-order valence-corrected chi connectivity index (χ1v) is 11.8. The van der Waals surface area contributed by atoms with Crippen LogP contribution in [0.5, 0.6) is 0 Å². The lowest BCUT2D eigenvalue weighted by molar-refractivity contribution is -0.170. The van der Waals surface area contributed by atoms with Crippen molar-refractivity contribution in [3.63, 3.8) is 0 Å². The predicted octanol–water partition coefficient (Wildman–Crippen LogP) is 3.28. The average Bonchev–Trinajstić information content (AvgIpc) is 3.47. The van der Waals surface area contributed by atoms with Gasteiger partial charge in [0, 0.05) is 49.0 Å². The molecule has 0 radical (unpaired) electrons. The molecule has 35 heavy (non-hydrogen) atoms. The first-order valence-electron chi connectivity index (χ1n) is 11.8. The van der Waals surface area contributed by atoms with Crippen molar-refractivity contribution in [2.24, 2.45) is 5.92 Å². The minimum absolute atomic E-state index is 0.0347. The van der Waals surface area contributed by atoms with Gasteiger partial charge >= 0.3 is 12.1 Å². The van der Waals surface area contributed by atoms with Gasteiger partial charge in [-0.25, -0.2) is 9.37 Å². The van der Waals surface area contributed by atoms with Gasteiger partial charge in [0.05, 0.1) is 6.20 Å². The molecule has 8 nitrogen and oxygen atoms in total. The Morgan fingerprint density at radius 2 is 2.14 bits per heavy atom. The topological polar surface area (TPSA) is 85.4 Å². The van der Waals surface area contributed by atoms with Crippen molar-refractivity contribution in [3.8, 4) is 0 Å². The van der Waals surface area contributed by atoms with Crippen LogP contribution in [-0.4, -0.2) is 53.8 Å².